The predicted molar refractivity (Wildman–Crippen MR) is 63.1 cm³/mol. The number of aromatic nitrogens is 2. The third-order valence-corrected chi connectivity index (χ3v) is 3.05. The zero-order valence-electron chi connectivity index (χ0n) is 10.0. The van der Waals surface area contributed by atoms with Crippen molar-refractivity contribution in [3.63, 3.8) is 0 Å². The first-order valence-corrected chi connectivity index (χ1v) is 6.09. The summed E-state index contributed by atoms with van der Waals surface area (Å²) in [7, 11) is 0. The van der Waals surface area contributed by atoms with Gasteiger partial charge in [0.15, 0.2) is 0 Å². The van der Waals surface area contributed by atoms with Crippen LogP contribution in [0.25, 0.3) is 0 Å². The minimum Gasteiger partial charge on any atom is -0.493 e. The lowest BCUT2D eigenvalue weighted by Crippen LogP contribution is -2.18. The molecule has 0 saturated carbocycles. The van der Waals surface area contributed by atoms with E-state index in [2.05, 4.69) is 9.97 Å². The van der Waals surface area contributed by atoms with Crippen LogP contribution in [0.1, 0.15) is 31.2 Å². The van der Waals surface area contributed by atoms with Crippen molar-refractivity contribution in [1.29, 1.82) is 0 Å². The normalized spacial score (nSPS) is 19.7. The van der Waals surface area contributed by atoms with Crippen LogP contribution in [0.15, 0.2) is 4.79 Å². The van der Waals surface area contributed by atoms with Crippen LogP contribution in [0.3, 0.4) is 0 Å². The van der Waals surface area contributed by atoms with E-state index in [1.54, 1.807) is 0 Å². The van der Waals surface area contributed by atoms with E-state index in [1.807, 2.05) is 6.92 Å². The lowest BCUT2D eigenvalue weighted by atomic mass is 10.0. The van der Waals surface area contributed by atoms with E-state index >= 15 is 0 Å². The summed E-state index contributed by atoms with van der Waals surface area (Å²) >= 11 is 0. The van der Waals surface area contributed by atoms with Gasteiger partial charge in [0.1, 0.15) is 5.82 Å². The molecule has 0 spiro atoms. The molecule has 1 aliphatic heterocycles. The number of hydrogen-bond acceptors (Lipinski definition) is 4. The first kappa shape index (κ1) is 12.1. The highest BCUT2D eigenvalue weighted by atomic mass is 16.5. The second kappa shape index (κ2) is 5.31. The second-order valence-electron chi connectivity index (χ2n) is 4.50. The summed E-state index contributed by atoms with van der Waals surface area (Å²) in [5.74, 6) is 0.835. The van der Waals surface area contributed by atoms with Crippen LogP contribution in [0.2, 0.25) is 0 Å². The predicted octanol–water partition coefficient (Wildman–Crippen LogP) is 1.01. The number of ether oxygens (including phenoxy) is 1. The Labute approximate surface area is 99.9 Å². The summed E-state index contributed by atoms with van der Waals surface area (Å²) in [6.45, 7) is 3.44. The summed E-state index contributed by atoms with van der Waals surface area (Å²) in [5, 5.41) is 9.71. The van der Waals surface area contributed by atoms with Crippen LogP contribution < -0.4 is 5.56 Å². The van der Waals surface area contributed by atoms with Gasteiger partial charge in [0.05, 0.1) is 5.56 Å². The fourth-order valence-electron chi connectivity index (χ4n) is 2.12. The Morgan fingerprint density at radius 2 is 2.41 bits per heavy atom. The highest BCUT2D eigenvalue weighted by molar-refractivity contribution is 5.22. The van der Waals surface area contributed by atoms with Gasteiger partial charge in [0.25, 0.3) is 5.56 Å². The van der Waals surface area contributed by atoms with Crippen molar-refractivity contribution in [3.8, 4) is 5.88 Å². The molecule has 0 amide bonds. The van der Waals surface area contributed by atoms with Gasteiger partial charge in [-0.15, -0.1) is 0 Å². The van der Waals surface area contributed by atoms with Gasteiger partial charge in [-0.05, 0) is 18.8 Å². The average molecular weight is 238 g/mol. The fourth-order valence-corrected chi connectivity index (χ4v) is 2.12. The summed E-state index contributed by atoms with van der Waals surface area (Å²) in [4.78, 5) is 18.5. The fraction of sp³-hybridized carbons (Fsp3) is 0.667. The third kappa shape index (κ3) is 2.85. The summed E-state index contributed by atoms with van der Waals surface area (Å²) in [6, 6.07) is 0. The van der Waals surface area contributed by atoms with Crippen molar-refractivity contribution in [2.45, 2.75) is 32.6 Å². The summed E-state index contributed by atoms with van der Waals surface area (Å²) < 4.78 is 5.27. The Morgan fingerprint density at radius 3 is 3.00 bits per heavy atom. The maximum atomic E-state index is 11.7. The maximum absolute atomic E-state index is 11.7. The number of aromatic hydroxyl groups is 1. The van der Waals surface area contributed by atoms with Crippen molar-refractivity contribution in [3.05, 3.63) is 21.7 Å². The quantitative estimate of drug-likeness (QED) is 0.820. The van der Waals surface area contributed by atoms with E-state index in [1.165, 1.54) is 0 Å². The topological polar surface area (TPSA) is 75.2 Å². The number of hydrogen-bond donors (Lipinski definition) is 2. The van der Waals surface area contributed by atoms with Crippen LogP contribution in [0.4, 0.5) is 0 Å². The molecule has 0 bridgehead atoms. The zero-order chi connectivity index (χ0) is 12.3. The SMILES string of the molecule is CCCc1c(O)nc(CC2CCOC2)[nH]c1=O. The molecule has 1 atom stereocenters. The largest absolute Gasteiger partial charge is 0.493 e. The molecule has 17 heavy (non-hydrogen) atoms. The molecule has 2 heterocycles. The average Bonchev–Trinajstić information content (AvgIpc) is 2.76. The van der Waals surface area contributed by atoms with Crippen LogP contribution >= 0.6 is 0 Å². The molecule has 1 aromatic heterocycles. The molecular weight excluding hydrogens is 220 g/mol. The van der Waals surface area contributed by atoms with Gasteiger partial charge in [-0.25, -0.2) is 4.98 Å². The summed E-state index contributed by atoms with van der Waals surface area (Å²) in [5.41, 5.74) is 0.173. The van der Waals surface area contributed by atoms with E-state index in [0.29, 0.717) is 36.8 Å². The number of nitrogens with zero attached hydrogens (tertiary/aromatic N) is 1. The lowest BCUT2D eigenvalue weighted by molar-refractivity contribution is 0.185. The van der Waals surface area contributed by atoms with E-state index in [9.17, 15) is 9.90 Å². The maximum Gasteiger partial charge on any atom is 0.257 e. The Kier molecular flexibility index (Phi) is 3.78. The minimum absolute atomic E-state index is 0.121. The third-order valence-electron chi connectivity index (χ3n) is 3.05. The van der Waals surface area contributed by atoms with Crippen LogP contribution in [-0.2, 0) is 17.6 Å². The molecule has 0 radical (unpaired) electrons. The molecule has 2 rings (SSSR count). The van der Waals surface area contributed by atoms with E-state index in [-0.39, 0.29) is 11.4 Å². The number of aromatic amines is 1. The lowest BCUT2D eigenvalue weighted by Gasteiger charge is -2.08. The Morgan fingerprint density at radius 1 is 1.59 bits per heavy atom. The van der Waals surface area contributed by atoms with Gasteiger partial charge in [0.2, 0.25) is 5.88 Å². The van der Waals surface area contributed by atoms with Crippen LogP contribution in [-0.4, -0.2) is 28.3 Å². The molecule has 0 aliphatic carbocycles. The van der Waals surface area contributed by atoms with Gasteiger partial charge in [0, 0.05) is 19.6 Å². The Hall–Kier alpha value is -1.36. The number of H-pyrrole nitrogens is 1. The molecule has 1 aromatic rings. The smallest absolute Gasteiger partial charge is 0.257 e. The molecule has 1 aliphatic rings. The molecule has 5 heteroatoms. The van der Waals surface area contributed by atoms with E-state index < -0.39 is 0 Å². The molecule has 1 unspecified atom stereocenters. The molecule has 5 nitrogen and oxygen atoms in total. The van der Waals surface area contributed by atoms with Crippen molar-refractivity contribution < 1.29 is 9.84 Å². The minimum atomic E-state index is -0.215. The molecule has 0 aromatic carbocycles. The first-order chi connectivity index (χ1) is 8.20. The first-order valence-electron chi connectivity index (χ1n) is 6.09. The Balaban J connectivity index is 2.16. The van der Waals surface area contributed by atoms with Gasteiger partial charge >= 0.3 is 0 Å². The Bertz CT molecular complexity index is 436. The number of rotatable bonds is 4. The zero-order valence-corrected chi connectivity index (χ0v) is 10.0. The molecule has 1 fully saturated rings. The highest BCUT2D eigenvalue weighted by Crippen LogP contribution is 2.17. The molecular formula is C12H18N2O3. The molecule has 2 N–H and O–H groups in total. The van der Waals surface area contributed by atoms with Crippen molar-refractivity contribution in [2.24, 2.45) is 5.92 Å². The van der Waals surface area contributed by atoms with Crippen LogP contribution in [0, 0.1) is 5.92 Å². The van der Waals surface area contributed by atoms with Crippen molar-refractivity contribution in [2.75, 3.05) is 13.2 Å². The summed E-state index contributed by atoms with van der Waals surface area (Å²) in [6.07, 6.45) is 3.02. The van der Waals surface area contributed by atoms with Gasteiger partial charge in [-0.3, -0.25) is 4.79 Å². The van der Waals surface area contributed by atoms with Gasteiger partial charge in [-0.1, -0.05) is 13.3 Å². The van der Waals surface area contributed by atoms with Crippen molar-refractivity contribution >= 4 is 0 Å². The van der Waals surface area contributed by atoms with Gasteiger partial charge < -0.3 is 14.8 Å². The standard InChI is InChI=1S/C12H18N2O3/c1-2-3-9-11(15)13-10(14-12(9)16)6-8-4-5-17-7-8/h8H,2-7H2,1H3,(H2,13,14,15,16). The van der Waals surface area contributed by atoms with E-state index in [4.69, 9.17) is 4.74 Å². The van der Waals surface area contributed by atoms with Crippen LogP contribution in [0.5, 0.6) is 5.88 Å². The number of nitrogens with one attached hydrogen (secondary N) is 1. The highest BCUT2D eigenvalue weighted by Gasteiger charge is 2.18. The van der Waals surface area contributed by atoms with Crippen molar-refractivity contribution in [1.82, 2.24) is 9.97 Å². The van der Waals surface area contributed by atoms with Gasteiger partial charge in [-0.2, -0.15) is 0 Å². The monoisotopic (exact) mass is 238 g/mol. The molecule has 1 saturated heterocycles. The molecule has 94 valence electrons. The second-order valence-corrected chi connectivity index (χ2v) is 4.50. The van der Waals surface area contributed by atoms with E-state index in [0.717, 1.165) is 19.4 Å².